The van der Waals surface area contributed by atoms with E-state index < -0.39 is 16.7 Å². The van der Waals surface area contributed by atoms with Crippen LogP contribution in [0.4, 0.5) is 5.69 Å². The minimum atomic E-state index is -0.804. The third kappa shape index (κ3) is 4.60. The fourth-order valence-electron chi connectivity index (χ4n) is 2.29. The molecule has 1 heterocycles. The second-order valence-corrected chi connectivity index (χ2v) is 5.53. The Bertz CT molecular complexity index is 636. The van der Waals surface area contributed by atoms with Crippen LogP contribution < -0.4 is 5.43 Å². The Balaban J connectivity index is 1.89. The number of nitro groups is 1. The average Bonchev–Trinajstić information content (AvgIpc) is 2.55. The van der Waals surface area contributed by atoms with E-state index in [-0.39, 0.29) is 5.69 Å². The van der Waals surface area contributed by atoms with Crippen molar-refractivity contribution in [1.29, 1.82) is 0 Å². The van der Waals surface area contributed by atoms with Crippen LogP contribution in [-0.4, -0.2) is 40.9 Å². The number of hydrogen-bond acceptors (Lipinski definition) is 5. The summed E-state index contributed by atoms with van der Waals surface area (Å²) in [5, 5.41) is 14.3. The van der Waals surface area contributed by atoms with E-state index in [4.69, 9.17) is 0 Å². The van der Waals surface area contributed by atoms with Crippen molar-refractivity contribution in [1.82, 2.24) is 10.3 Å². The van der Waals surface area contributed by atoms with Gasteiger partial charge in [-0.2, -0.15) is 5.10 Å². The van der Waals surface area contributed by atoms with Crippen molar-refractivity contribution in [2.75, 3.05) is 13.1 Å². The standard InChI is InChI=1S/C15H18N4O4/c1-11-5-7-18(8-6-11)15(21)14(20)17-16-10-12-3-2-4-13(9-12)19(22)23/h2-4,9-11H,5-8H2,1H3,(H,17,20). The third-order valence-corrected chi connectivity index (χ3v) is 3.73. The maximum Gasteiger partial charge on any atom is 0.329 e. The molecule has 0 bridgehead atoms. The monoisotopic (exact) mass is 318 g/mol. The highest BCUT2D eigenvalue weighted by atomic mass is 16.6. The second kappa shape index (κ2) is 7.48. The fourth-order valence-corrected chi connectivity index (χ4v) is 2.29. The minimum absolute atomic E-state index is 0.0706. The van der Waals surface area contributed by atoms with Crippen LogP contribution in [0.1, 0.15) is 25.3 Å². The lowest BCUT2D eigenvalue weighted by molar-refractivity contribution is -0.384. The number of carbonyl (C=O) groups excluding carboxylic acids is 2. The molecule has 1 fully saturated rings. The Labute approximate surface area is 133 Å². The lowest BCUT2D eigenvalue weighted by atomic mass is 9.99. The molecule has 0 unspecified atom stereocenters. The zero-order valence-corrected chi connectivity index (χ0v) is 12.8. The van der Waals surface area contributed by atoms with E-state index in [1.165, 1.54) is 29.3 Å². The number of likely N-dealkylation sites (tertiary alicyclic amines) is 1. The van der Waals surface area contributed by atoms with Crippen molar-refractivity contribution in [3.8, 4) is 0 Å². The summed E-state index contributed by atoms with van der Waals surface area (Å²) in [4.78, 5) is 35.4. The summed E-state index contributed by atoms with van der Waals surface area (Å²) in [6.07, 6.45) is 3.03. The molecule has 23 heavy (non-hydrogen) atoms. The Morgan fingerprint density at radius 3 is 2.74 bits per heavy atom. The molecule has 0 aromatic heterocycles. The van der Waals surface area contributed by atoms with E-state index in [2.05, 4.69) is 17.5 Å². The molecule has 1 saturated heterocycles. The summed E-state index contributed by atoms with van der Waals surface area (Å²) < 4.78 is 0. The SMILES string of the molecule is CC1CCN(C(=O)C(=O)NN=Cc2cccc([N+](=O)[O-])c2)CC1. The minimum Gasteiger partial charge on any atom is -0.334 e. The van der Waals surface area contributed by atoms with Gasteiger partial charge in [-0.15, -0.1) is 0 Å². The predicted molar refractivity (Wildman–Crippen MR) is 83.8 cm³/mol. The van der Waals surface area contributed by atoms with Crippen LogP contribution in [0.15, 0.2) is 29.4 Å². The molecular weight excluding hydrogens is 300 g/mol. The summed E-state index contributed by atoms with van der Waals surface area (Å²) in [7, 11) is 0. The van der Waals surface area contributed by atoms with Gasteiger partial charge in [0.1, 0.15) is 0 Å². The van der Waals surface area contributed by atoms with Gasteiger partial charge >= 0.3 is 11.8 Å². The van der Waals surface area contributed by atoms with Gasteiger partial charge in [-0.1, -0.05) is 19.1 Å². The molecule has 0 radical (unpaired) electrons. The fraction of sp³-hybridized carbons (Fsp3) is 0.400. The molecule has 0 spiro atoms. The van der Waals surface area contributed by atoms with Crippen LogP contribution in [0, 0.1) is 16.0 Å². The van der Waals surface area contributed by atoms with E-state index in [1.54, 1.807) is 6.07 Å². The van der Waals surface area contributed by atoms with Gasteiger partial charge in [-0.25, -0.2) is 5.43 Å². The molecule has 1 aromatic rings. The van der Waals surface area contributed by atoms with Crippen LogP contribution in [0.25, 0.3) is 0 Å². The molecule has 122 valence electrons. The first-order valence-electron chi connectivity index (χ1n) is 7.34. The zero-order chi connectivity index (χ0) is 16.8. The highest BCUT2D eigenvalue weighted by Gasteiger charge is 2.25. The van der Waals surface area contributed by atoms with Crippen molar-refractivity contribution in [2.24, 2.45) is 11.0 Å². The normalized spacial score (nSPS) is 15.6. The number of piperidine rings is 1. The number of non-ortho nitro benzene ring substituents is 1. The molecule has 1 N–H and O–H groups in total. The summed E-state index contributed by atoms with van der Waals surface area (Å²) in [5.74, 6) is -0.844. The van der Waals surface area contributed by atoms with Crippen LogP contribution in [-0.2, 0) is 9.59 Å². The van der Waals surface area contributed by atoms with E-state index >= 15 is 0 Å². The highest BCUT2D eigenvalue weighted by Crippen LogP contribution is 2.15. The molecule has 8 heteroatoms. The number of amides is 2. The van der Waals surface area contributed by atoms with Crippen LogP contribution in [0.3, 0.4) is 0 Å². The van der Waals surface area contributed by atoms with Crippen LogP contribution in [0.5, 0.6) is 0 Å². The molecule has 2 amide bonds. The van der Waals surface area contributed by atoms with Crippen LogP contribution in [0.2, 0.25) is 0 Å². The number of nitrogens with zero attached hydrogens (tertiary/aromatic N) is 3. The van der Waals surface area contributed by atoms with Gasteiger partial charge in [-0.05, 0) is 18.8 Å². The molecule has 2 rings (SSSR count). The smallest absolute Gasteiger partial charge is 0.329 e. The first-order valence-corrected chi connectivity index (χ1v) is 7.34. The molecule has 0 aliphatic carbocycles. The first kappa shape index (κ1) is 16.6. The van der Waals surface area contributed by atoms with Gasteiger partial charge in [0, 0.05) is 30.8 Å². The zero-order valence-electron chi connectivity index (χ0n) is 12.8. The molecule has 1 aliphatic heterocycles. The van der Waals surface area contributed by atoms with Gasteiger partial charge in [-0.3, -0.25) is 19.7 Å². The number of nitro benzene ring substituents is 1. The average molecular weight is 318 g/mol. The quantitative estimate of drug-likeness (QED) is 0.392. The maximum atomic E-state index is 11.9. The maximum absolute atomic E-state index is 11.9. The Morgan fingerprint density at radius 2 is 2.09 bits per heavy atom. The molecule has 8 nitrogen and oxygen atoms in total. The molecular formula is C15H18N4O4. The summed E-state index contributed by atoms with van der Waals surface area (Å²) in [6.45, 7) is 3.26. The van der Waals surface area contributed by atoms with Gasteiger partial charge in [0.2, 0.25) is 0 Å². The number of hydrazone groups is 1. The van der Waals surface area contributed by atoms with Crippen molar-refractivity contribution >= 4 is 23.7 Å². The second-order valence-electron chi connectivity index (χ2n) is 5.53. The van der Waals surface area contributed by atoms with E-state index in [0.717, 1.165) is 12.8 Å². The molecule has 0 saturated carbocycles. The lowest BCUT2D eigenvalue weighted by Gasteiger charge is -2.29. The summed E-state index contributed by atoms with van der Waals surface area (Å²) in [5.41, 5.74) is 2.54. The number of hydrogen-bond donors (Lipinski definition) is 1. The number of rotatable bonds is 3. The number of nitrogens with one attached hydrogen (secondary N) is 1. The van der Waals surface area contributed by atoms with E-state index in [0.29, 0.717) is 24.6 Å². The number of carbonyl (C=O) groups is 2. The van der Waals surface area contributed by atoms with Crippen molar-refractivity contribution in [3.63, 3.8) is 0 Å². The molecule has 0 atom stereocenters. The third-order valence-electron chi connectivity index (χ3n) is 3.73. The first-order chi connectivity index (χ1) is 11.0. The number of benzene rings is 1. The van der Waals surface area contributed by atoms with Gasteiger partial charge in [0.15, 0.2) is 0 Å². The van der Waals surface area contributed by atoms with Crippen LogP contribution >= 0.6 is 0 Å². The summed E-state index contributed by atoms with van der Waals surface area (Å²) >= 11 is 0. The lowest BCUT2D eigenvalue weighted by Crippen LogP contribution is -2.45. The Morgan fingerprint density at radius 1 is 1.39 bits per heavy atom. The van der Waals surface area contributed by atoms with Crippen molar-refractivity contribution < 1.29 is 14.5 Å². The van der Waals surface area contributed by atoms with Gasteiger partial charge in [0.05, 0.1) is 11.1 Å². The molecule has 1 aromatic carbocycles. The van der Waals surface area contributed by atoms with Gasteiger partial charge in [0.25, 0.3) is 5.69 Å². The Hall–Kier alpha value is -2.77. The van der Waals surface area contributed by atoms with Crippen molar-refractivity contribution in [2.45, 2.75) is 19.8 Å². The Kier molecular flexibility index (Phi) is 5.40. The van der Waals surface area contributed by atoms with E-state index in [1.807, 2.05) is 0 Å². The summed E-state index contributed by atoms with van der Waals surface area (Å²) in [6, 6.07) is 5.80. The molecule has 1 aliphatic rings. The highest BCUT2D eigenvalue weighted by molar-refractivity contribution is 6.35. The topological polar surface area (TPSA) is 105 Å². The predicted octanol–water partition coefficient (Wildman–Crippen LogP) is 1.30. The van der Waals surface area contributed by atoms with Gasteiger partial charge < -0.3 is 4.90 Å². The largest absolute Gasteiger partial charge is 0.334 e. The van der Waals surface area contributed by atoms with Crippen molar-refractivity contribution in [3.05, 3.63) is 39.9 Å². The van der Waals surface area contributed by atoms with E-state index in [9.17, 15) is 19.7 Å².